The van der Waals surface area contributed by atoms with Crippen LogP contribution in [0.15, 0.2) is 65.8 Å². The first-order chi connectivity index (χ1) is 17.9. The minimum absolute atomic E-state index is 0.0412. The smallest absolute Gasteiger partial charge is 0.406 e. The molecule has 0 radical (unpaired) electrons. The van der Waals surface area contributed by atoms with Crippen molar-refractivity contribution < 1.29 is 31.5 Å². The van der Waals surface area contributed by atoms with E-state index in [0.717, 1.165) is 54.4 Å². The van der Waals surface area contributed by atoms with Crippen LogP contribution in [0.5, 0.6) is 5.75 Å². The third kappa shape index (κ3) is 5.54. The lowest BCUT2D eigenvalue weighted by Crippen LogP contribution is -2.30. The van der Waals surface area contributed by atoms with E-state index in [4.69, 9.17) is 4.99 Å². The summed E-state index contributed by atoms with van der Waals surface area (Å²) in [5, 5.41) is 0. The van der Waals surface area contributed by atoms with E-state index in [-0.39, 0.29) is 23.4 Å². The molecule has 2 heterocycles. The van der Waals surface area contributed by atoms with Gasteiger partial charge in [-0.25, -0.2) is 8.78 Å². The van der Waals surface area contributed by atoms with Gasteiger partial charge in [-0.1, -0.05) is 6.07 Å². The Morgan fingerprint density at radius 3 is 2.18 bits per heavy atom. The van der Waals surface area contributed by atoms with Crippen molar-refractivity contribution in [1.29, 1.82) is 0 Å². The maximum atomic E-state index is 14.1. The Hall–Kier alpha value is -3.82. The van der Waals surface area contributed by atoms with Crippen molar-refractivity contribution in [3.05, 3.63) is 89.2 Å². The number of alkyl halides is 3. The lowest BCUT2D eigenvalue weighted by molar-refractivity contribution is -0.274. The Balaban J connectivity index is 1.50. The number of nitrogens with zero attached hydrogens (tertiary/aromatic N) is 3. The normalized spacial score (nSPS) is 19.3. The van der Waals surface area contributed by atoms with Crippen molar-refractivity contribution in [1.82, 2.24) is 4.98 Å². The summed E-state index contributed by atoms with van der Waals surface area (Å²) in [5.74, 6) is -2.11. The number of hydrogen-bond acceptors (Lipinski definition) is 4. The zero-order valence-electron chi connectivity index (χ0n) is 20.6. The second-order valence-electron chi connectivity index (χ2n) is 10.0. The third-order valence-electron chi connectivity index (χ3n) is 6.69. The van der Waals surface area contributed by atoms with Gasteiger partial charge >= 0.3 is 6.36 Å². The number of amides is 1. The topological polar surface area (TPSA) is 54.8 Å². The summed E-state index contributed by atoms with van der Waals surface area (Å²) in [7, 11) is 0. The minimum Gasteiger partial charge on any atom is -0.406 e. The summed E-state index contributed by atoms with van der Waals surface area (Å²) in [4.78, 5) is 24.2. The highest BCUT2D eigenvalue weighted by Gasteiger charge is 2.40. The van der Waals surface area contributed by atoms with Crippen LogP contribution in [0.3, 0.4) is 0 Å². The monoisotopic (exact) mass is 529 g/mol. The van der Waals surface area contributed by atoms with Gasteiger partial charge in [0.15, 0.2) is 0 Å². The van der Waals surface area contributed by atoms with Crippen LogP contribution in [0.2, 0.25) is 0 Å². The largest absolute Gasteiger partial charge is 0.573 e. The second kappa shape index (κ2) is 9.49. The van der Waals surface area contributed by atoms with Crippen LogP contribution in [-0.2, 0) is 10.3 Å². The average Bonchev–Trinajstić information content (AvgIpc) is 3.63. The molecule has 1 aromatic heterocycles. The van der Waals surface area contributed by atoms with Gasteiger partial charge in [-0.2, -0.15) is 0 Å². The van der Waals surface area contributed by atoms with E-state index in [1.165, 1.54) is 17.0 Å². The maximum absolute atomic E-state index is 14.1. The average molecular weight is 530 g/mol. The number of ether oxygens (including phenoxy) is 1. The molecular weight excluding hydrogens is 505 g/mol. The first-order valence-corrected chi connectivity index (χ1v) is 12.1. The molecule has 10 heteroatoms. The molecule has 1 saturated carbocycles. The summed E-state index contributed by atoms with van der Waals surface area (Å²) < 4.78 is 69.9. The van der Waals surface area contributed by atoms with Crippen LogP contribution < -0.4 is 9.64 Å². The van der Waals surface area contributed by atoms with Crippen molar-refractivity contribution in [2.75, 3.05) is 4.90 Å². The molecule has 2 fully saturated rings. The van der Waals surface area contributed by atoms with Crippen LogP contribution in [0.1, 0.15) is 61.9 Å². The third-order valence-corrected chi connectivity index (χ3v) is 6.69. The summed E-state index contributed by atoms with van der Waals surface area (Å²) >= 11 is 0. The molecule has 3 aromatic rings. The second-order valence-corrected chi connectivity index (χ2v) is 10.0. The lowest BCUT2D eigenvalue weighted by atomic mass is 9.95. The SMILES string of the molecule is CC(C)(N=C1CC(c2cc(F)cc(F)c2)N(c2ccc(OC(F)(F)F)cc2)C1=O)c1ccc(C2CC2)nc1. The highest BCUT2D eigenvalue weighted by molar-refractivity contribution is 6.46. The molecule has 0 bridgehead atoms. The molecule has 0 spiro atoms. The first kappa shape index (κ1) is 25.8. The van der Waals surface area contributed by atoms with Gasteiger partial charge < -0.3 is 4.74 Å². The van der Waals surface area contributed by atoms with E-state index in [2.05, 4.69) is 9.72 Å². The Morgan fingerprint density at radius 2 is 1.63 bits per heavy atom. The number of benzene rings is 2. The number of aliphatic imine (C=N–C) groups is 1. The number of halogens is 5. The molecule has 2 aromatic carbocycles. The van der Waals surface area contributed by atoms with Crippen LogP contribution in [0.25, 0.3) is 0 Å². The number of pyridine rings is 1. The Kier molecular flexibility index (Phi) is 6.44. The summed E-state index contributed by atoms with van der Waals surface area (Å²) in [6, 6.07) is 10.8. The summed E-state index contributed by atoms with van der Waals surface area (Å²) in [6.07, 6.45) is -0.849. The zero-order chi connectivity index (χ0) is 27.2. The highest BCUT2D eigenvalue weighted by atomic mass is 19.4. The first-order valence-electron chi connectivity index (χ1n) is 12.1. The van der Waals surface area contributed by atoms with Gasteiger partial charge in [0.25, 0.3) is 5.91 Å². The van der Waals surface area contributed by atoms with E-state index in [1.54, 1.807) is 6.20 Å². The zero-order valence-corrected chi connectivity index (χ0v) is 20.6. The molecule has 0 N–H and O–H groups in total. The van der Waals surface area contributed by atoms with Crippen LogP contribution in [0, 0.1) is 11.6 Å². The standard InChI is InChI=1S/C28H24F5N3O2/c1-27(2,18-5-10-23(34-15-18)16-3-4-16)35-24-14-25(17-11-19(29)13-20(30)12-17)36(26(24)37)21-6-8-22(9-7-21)38-28(31,32)33/h5-13,15-16,25H,3-4,14H2,1-2H3. The number of hydrogen-bond donors (Lipinski definition) is 0. The van der Waals surface area contributed by atoms with Crippen molar-refractivity contribution in [2.24, 2.45) is 4.99 Å². The van der Waals surface area contributed by atoms with Crippen LogP contribution in [0.4, 0.5) is 27.6 Å². The summed E-state index contributed by atoms with van der Waals surface area (Å²) in [5.41, 5.74) is 1.58. The van der Waals surface area contributed by atoms with Crippen LogP contribution >= 0.6 is 0 Å². The van der Waals surface area contributed by atoms with Gasteiger partial charge in [0.1, 0.15) is 23.1 Å². The molecule has 5 nitrogen and oxygen atoms in total. The Morgan fingerprint density at radius 1 is 0.974 bits per heavy atom. The number of carbonyl (C=O) groups is 1. The van der Waals surface area contributed by atoms with Crippen molar-refractivity contribution in [3.63, 3.8) is 0 Å². The molecule has 2 aliphatic rings. The molecule has 1 atom stereocenters. The number of carbonyl (C=O) groups excluding carboxylic acids is 1. The van der Waals surface area contributed by atoms with Gasteiger partial charge in [0, 0.05) is 36.0 Å². The fourth-order valence-corrected chi connectivity index (χ4v) is 4.67. The Bertz CT molecular complexity index is 1360. The minimum atomic E-state index is -4.87. The van der Waals surface area contributed by atoms with E-state index < -0.39 is 41.2 Å². The summed E-state index contributed by atoms with van der Waals surface area (Å²) in [6.45, 7) is 3.67. The maximum Gasteiger partial charge on any atom is 0.573 e. The van der Waals surface area contributed by atoms with E-state index in [9.17, 15) is 26.7 Å². The lowest BCUT2D eigenvalue weighted by Gasteiger charge is -2.25. The van der Waals surface area contributed by atoms with Gasteiger partial charge in [0.2, 0.25) is 0 Å². The number of aromatic nitrogens is 1. The fourth-order valence-electron chi connectivity index (χ4n) is 4.67. The molecule has 1 saturated heterocycles. The highest BCUT2D eigenvalue weighted by Crippen LogP contribution is 2.41. The molecule has 198 valence electrons. The van der Waals surface area contributed by atoms with E-state index >= 15 is 0 Å². The van der Waals surface area contributed by atoms with E-state index in [0.29, 0.717) is 5.92 Å². The van der Waals surface area contributed by atoms with Gasteiger partial charge in [-0.15, -0.1) is 13.2 Å². The number of rotatable bonds is 6. The van der Waals surface area contributed by atoms with E-state index in [1.807, 2.05) is 26.0 Å². The van der Waals surface area contributed by atoms with Crippen LogP contribution in [-0.4, -0.2) is 23.0 Å². The van der Waals surface area contributed by atoms with Crippen molar-refractivity contribution >= 4 is 17.3 Å². The van der Waals surface area contributed by atoms with Gasteiger partial charge in [-0.3, -0.25) is 19.7 Å². The molecule has 1 amide bonds. The van der Waals surface area contributed by atoms with Gasteiger partial charge in [-0.05, 0) is 80.3 Å². The molecule has 1 aliphatic carbocycles. The van der Waals surface area contributed by atoms with Gasteiger partial charge in [0.05, 0.1) is 11.6 Å². The quantitative estimate of drug-likeness (QED) is 0.324. The molecule has 5 rings (SSSR count). The Labute approximate surface area is 216 Å². The van der Waals surface area contributed by atoms with Crippen molar-refractivity contribution in [3.8, 4) is 5.75 Å². The molecule has 38 heavy (non-hydrogen) atoms. The van der Waals surface area contributed by atoms with Crippen molar-refractivity contribution in [2.45, 2.75) is 57.0 Å². The fraction of sp³-hybridized carbons (Fsp3) is 0.321. The molecule has 1 aliphatic heterocycles. The predicted octanol–water partition coefficient (Wildman–Crippen LogP) is 6.99. The molecular formula is C28H24F5N3O2. The molecule has 1 unspecified atom stereocenters. The number of anilines is 1. The predicted molar refractivity (Wildman–Crippen MR) is 131 cm³/mol.